The van der Waals surface area contributed by atoms with Crippen molar-refractivity contribution in [3.8, 4) is 22.9 Å². The van der Waals surface area contributed by atoms with E-state index < -0.39 is 0 Å². The average Bonchev–Trinajstić information content (AvgIpc) is 2.97. The minimum absolute atomic E-state index is 0.0770. The molecule has 1 aliphatic carbocycles. The summed E-state index contributed by atoms with van der Waals surface area (Å²) in [5.41, 5.74) is 2.42. The summed E-state index contributed by atoms with van der Waals surface area (Å²) in [6.45, 7) is 5.26. The van der Waals surface area contributed by atoms with Gasteiger partial charge in [0.1, 0.15) is 5.75 Å². The number of rotatable bonds is 19. The molecule has 0 N–H and O–H groups in total. The maximum absolute atomic E-state index is 12.7. The van der Waals surface area contributed by atoms with Gasteiger partial charge in [-0.3, -0.25) is 4.79 Å². The molecule has 0 amide bonds. The van der Waals surface area contributed by atoms with E-state index in [2.05, 4.69) is 29.9 Å². The van der Waals surface area contributed by atoms with E-state index in [0.717, 1.165) is 43.6 Å². The van der Waals surface area contributed by atoms with Crippen molar-refractivity contribution in [1.82, 2.24) is 9.97 Å². The molecule has 214 valence electrons. The van der Waals surface area contributed by atoms with Gasteiger partial charge in [0.2, 0.25) is 0 Å². The van der Waals surface area contributed by atoms with Gasteiger partial charge in [-0.1, -0.05) is 96.1 Å². The van der Waals surface area contributed by atoms with Crippen molar-refractivity contribution in [2.75, 3.05) is 6.61 Å². The van der Waals surface area contributed by atoms with Crippen molar-refractivity contribution < 1.29 is 14.3 Å². The lowest BCUT2D eigenvalue weighted by Gasteiger charge is -2.20. The predicted octanol–water partition coefficient (Wildman–Crippen LogP) is 9.66. The topological polar surface area (TPSA) is 61.3 Å². The summed E-state index contributed by atoms with van der Waals surface area (Å²) < 4.78 is 11.5. The minimum atomic E-state index is -0.178. The number of esters is 1. The summed E-state index contributed by atoms with van der Waals surface area (Å²) in [4.78, 5) is 21.5. The molecule has 0 saturated heterocycles. The number of benzene rings is 1. The van der Waals surface area contributed by atoms with E-state index in [1.807, 2.05) is 24.3 Å². The largest absolute Gasteiger partial charge is 0.494 e. The number of nitrogens with zero attached hydrogens (tertiary/aromatic N) is 2. The second-order valence-electron chi connectivity index (χ2n) is 11.0. The van der Waals surface area contributed by atoms with Crippen LogP contribution in [0.3, 0.4) is 0 Å². The Labute approximate surface area is 236 Å². The molecule has 1 aromatic carbocycles. The van der Waals surface area contributed by atoms with Gasteiger partial charge >= 0.3 is 5.97 Å². The first kappa shape index (κ1) is 30.8. The lowest BCUT2D eigenvalue weighted by molar-refractivity contribution is -0.139. The summed E-state index contributed by atoms with van der Waals surface area (Å²) in [5, 5.41) is 0. The predicted molar refractivity (Wildman–Crippen MR) is 160 cm³/mol. The molecule has 1 atom stereocenters. The Bertz CT molecular complexity index is 969. The van der Waals surface area contributed by atoms with Crippen molar-refractivity contribution in [2.45, 2.75) is 123 Å². The zero-order chi connectivity index (χ0) is 27.5. The quantitative estimate of drug-likeness (QED) is 0.102. The van der Waals surface area contributed by atoms with E-state index in [1.54, 1.807) is 12.4 Å². The Morgan fingerprint density at radius 1 is 0.795 bits per heavy atom. The first-order valence-corrected chi connectivity index (χ1v) is 15.6. The van der Waals surface area contributed by atoms with Crippen LogP contribution in [0, 0.1) is 5.92 Å². The highest BCUT2D eigenvalue weighted by Crippen LogP contribution is 2.28. The van der Waals surface area contributed by atoms with Crippen molar-refractivity contribution in [3.05, 3.63) is 48.3 Å². The van der Waals surface area contributed by atoms with Crippen LogP contribution in [-0.2, 0) is 4.79 Å². The van der Waals surface area contributed by atoms with Crippen LogP contribution in [0.5, 0.6) is 11.5 Å². The number of carbonyl (C=O) groups excluding carboxylic acids is 1. The van der Waals surface area contributed by atoms with Crippen molar-refractivity contribution >= 4 is 5.97 Å². The molecule has 1 unspecified atom stereocenters. The molecule has 0 radical (unpaired) electrons. The number of unbranched alkanes of at least 4 members (excludes halogenated alkanes) is 11. The molecular weight excluding hydrogens is 484 g/mol. The third kappa shape index (κ3) is 11.9. The molecule has 5 nitrogen and oxygen atoms in total. The summed E-state index contributed by atoms with van der Waals surface area (Å²) in [6, 6.07) is 7.88. The Morgan fingerprint density at radius 3 is 2.03 bits per heavy atom. The molecule has 0 aliphatic heterocycles. The fourth-order valence-electron chi connectivity index (χ4n) is 5.13. The van der Waals surface area contributed by atoms with Crippen LogP contribution in [0.1, 0.15) is 123 Å². The van der Waals surface area contributed by atoms with E-state index in [4.69, 9.17) is 9.47 Å². The van der Waals surface area contributed by atoms with Gasteiger partial charge in [-0.15, -0.1) is 0 Å². The van der Waals surface area contributed by atoms with Gasteiger partial charge in [0.15, 0.2) is 11.6 Å². The summed E-state index contributed by atoms with van der Waals surface area (Å²) in [5.74, 6) is 1.62. The van der Waals surface area contributed by atoms with Crippen molar-refractivity contribution in [2.24, 2.45) is 5.92 Å². The Hall–Kier alpha value is -2.69. The maximum atomic E-state index is 12.7. The van der Waals surface area contributed by atoms with E-state index in [9.17, 15) is 4.79 Å². The lowest BCUT2D eigenvalue weighted by atomic mass is 9.87. The smallest absolute Gasteiger partial charge is 0.314 e. The van der Waals surface area contributed by atoms with Gasteiger partial charge in [-0.25, -0.2) is 9.97 Å². The Morgan fingerprint density at radius 2 is 1.41 bits per heavy atom. The molecule has 5 heteroatoms. The molecule has 1 aromatic heterocycles. The van der Waals surface area contributed by atoms with Crippen molar-refractivity contribution in [3.63, 3.8) is 0 Å². The monoisotopic (exact) mass is 534 g/mol. The number of ether oxygens (including phenoxy) is 2. The van der Waals surface area contributed by atoms with Crippen LogP contribution in [0.25, 0.3) is 11.4 Å². The van der Waals surface area contributed by atoms with E-state index >= 15 is 0 Å². The number of allylic oxidation sites excluding steroid dienone is 2. The number of carbonyl (C=O) groups is 1. The minimum Gasteiger partial charge on any atom is -0.494 e. The van der Waals surface area contributed by atoms with Gasteiger partial charge in [0.05, 0.1) is 24.9 Å². The van der Waals surface area contributed by atoms with Crippen LogP contribution in [-0.4, -0.2) is 22.5 Å². The number of aromatic nitrogens is 2. The summed E-state index contributed by atoms with van der Waals surface area (Å²) in [6.07, 6.45) is 26.1. The standard InChI is InChI=1S/C34H50N2O3/c1-3-5-7-9-10-11-13-15-25-38-31-23-21-29(22-24-31)33-35-26-32(27-36-33)39-34(37)30-19-17-28(18-20-30)16-14-12-8-6-4-2/h17,21-24,26-27,30H,3-16,18-20,25H2,1-2H3. The van der Waals surface area contributed by atoms with Crippen molar-refractivity contribution in [1.29, 1.82) is 0 Å². The van der Waals surface area contributed by atoms with Crippen LogP contribution in [0.15, 0.2) is 48.3 Å². The molecule has 0 saturated carbocycles. The normalized spacial score (nSPS) is 15.1. The number of hydrogen-bond acceptors (Lipinski definition) is 5. The second kappa shape index (κ2) is 18.6. The highest BCUT2D eigenvalue weighted by atomic mass is 16.5. The molecule has 1 heterocycles. The van der Waals surface area contributed by atoms with E-state index in [1.165, 1.54) is 89.0 Å². The van der Waals surface area contributed by atoms with Crippen LogP contribution >= 0.6 is 0 Å². The van der Waals surface area contributed by atoms with Gasteiger partial charge in [0, 0.05) is 5.56 Å². The molecule has 2 aromatic rings. The Balaban J connectivity index is 1.34. The van der Waals surface area contributed by atoms with Crippen LogP contribution < -0.4 is 9.47 Å². The first-order chi connectivity index (χ1) is 19.2. The van der Waals surface area contributed by atoms with Crippen LogP contribution in [0.4, 0.5) is 0 Å². The zero-order valence-corrected chi connectivity index (χ0v) is 24.5. The van der Waals surface area contributed by atoms with E-state index in [0.29, 0.717) is 11.6 Å². The molecule has 0 spiro atoms. The van der Waals surface area contributed by atoms with E-state index in [-0.39, 0.29) is 11.9 Å². The fourth-order valence-corrected chi connectivity index (χ4v) is 5.13. The molecule has 0 bridgehead atoms. The zero-order valence-electron chi connectivity index (χ0n) is 24.5. The average molecular weight is 535 g/mol. The molecule has 0 fully saturated rings. The fraction of sp³-hybridized carbons (Fsp3) is 0.618. The third-order valence-corrected chi connectivity index (χ3v) is 7.67. The SMILES string of the molecule is CCCCCCCCCCOc1ccc(-c2ncc(OC(=O)C3CC=C(CCCCCCC)CC3)cn2)cc1. The lowest BCUT2D eigenvalue weighted by Crippen LogP contribution is -2.22. The highest BCUT2D eigenvalue weighted by Gasteiger charge is 2.23. The molecule has 39 heavy (non-hydrogen) atoms. The Kier molecular flexibility index (Phi) is 14.7. The van der Waals surface area contributed by atoms with Gasteiger partial charge < -0.3 is 9.47 Å². The maximum Gasteiger partial charge on any atom is 0.314 e. The second-order valence-corrected chi connectivity index (χ2v) is 11.0. The van der Waals surface area contributed by atoms with Crippen LogP contribution in [0.2, 0.25) is 0 Å². The van der Waals surface area contributed by atoms with Gasteiger partial charge in [0.25, 0.3) is 0 Å². The van der Waals surface area contributed by atoms with Gasteiger partial charge in [-0.05, 0) is 62.8 Å². The first-order valence-electron chi connectivity index (χ1n) is 15.6. The molecular formula is C34H50N2O3. The third-order valence-electron chi connectivity index (χ3n) is 7.67. The number of hydrogen-bond donors (Lipinski definition) is 0. The molecule has 1 aliphatic rings. The summed E-state index contributed by atoms with van der Waals surface area (Å²) >= 11 is 0. The van der Waals surface area contributed by atoms with Gasteiger partial charge in [-0.2, -0.15) is 0 Å². The molecule has 3 rings (SSSR count). The summed E-state index contributed by atoms with van der Waals surface area (Å²) in [7, 11) is 0. The highest BCUT2D eigenvalue weighted by molar-refractivity contribution is 5.75.